The summed E-state index contributed by atoms with van der Waals surface area (Å²) in [5.74, 6) is -1.75. The first-order valence-corrected chi connectivity index (χ1v) is 5.37. The van der Waals surface area contributed by atoms with Crippen molar-refractivity contribution in [2.75, 3.05) is 0 Å². The molecular formula is C10H6F3N3O2S. The Morgan fingerprint density at radius 2 is 2.05 bits per heavy atom. The fourth-order valence-corrected chi connectivity index (χ4v) is 1.82. The standard InChI is InChI=1S/C10H6F3N3O2S/c1-4(17)15-16-6-3-2-5(10(11,12)13)8(18)7(6)14-9(16)19/h2-3H,1H3,(H,15,17). The van der Waals surface area contributed by atoms with Crippen molar-refractivity contribution in [2.45, 2.75) is 13.1 Å². The lowest BCUT2D eigenvalue weighted by Gasteiger charge is -2.21. The monoisotopic (exact) mass is 289 g/mol. The number of fused-ring (bicyclic) bond motifs is 1. The number of hydrazine groups is 1. The molecule has 0 aromatic heterocycles. The van der Waals surface area contributed by atoms with Gasteiger partial charge in [0.1, 0.15) is 11.3 Å². The van der Waals surface area contributed by atoms with Gasteiger partial charge in [0.25, 0.3) is 0 Å². The SMILES string of the molecule is CC(=O)NN1C(=S)N=C2C(=O)C(C(F)(F)F)=CC=C21. The van der Waals surface area contributed by atoms with Gasteiger partial charge in [0.15, 0.2) is 0 Å². The fourth-order valence-electron chi connectivity index (χ4n) is 1.59. The first-order chi connectivity index (χ1) is 8.71. The summed E-state index contributed by atoms with van der Waals surface area (Å²) >= 11 is 4.78. The third-order valence-electron chi connectivity index (χ3n) is 2.32. The summed E-state index contributed by atoms with van der Waals surface area (Å²) in [4.78, 5) is 26.2. The molecule has 0 fully saturated rings. The molecule has 1 N–H and O–H groups in total. The normalized spacial score (nSPS) is 18.7. The van der Waals surface area contributed by atoms with Crippen molar-refractivity contribution in [1.29, 1.82) is 0 Å². The summed E-state index contributed by atoms with van der Waals surface area (Å²) in [6.45, 7) is 1.20. The van der Waals surface area contributed by atoms with Crippen molar-refractivity contribution >= 4 is 34.7 Å². The Hall–Kier alpha value is -2.03. The second kappa shape index (κ2) is 4.26. The van der Waals surface area contributed by atoms with Gasteiger partial charge in [-0.2, -0.15) is 13.2 Å². The molecule has 1 amide bonds. The predicted octanol–water partition coefficient (Wildman–Crippen LogP) is 1.03. The number of hydrogen-bond acceptors (Lipinski definition) is 3. The number of carbonyl (C=O) groups excluding carboxylic acids is 2. The average Bonchev–Trinajstić information content (AvgIpc) is 2.55. The van der Waals surface area contributed by atoms with Gasteiger partial charge in [-0.15, -0.1) is 0 Å². The summed E-state index contributed by atoms with van der Waals surface area (Å²) in [6.07, 6.45) is -3.08. The molecule has 9 heteroatoms. The predicted molar refractivity (Wildman–Crippen MR) is 62.9 cm³/mol. The Kier molecular flexibility index (Phi) is 3.01. The highest BCUT2D eigenvalue weighted by Crippen LogP contribution is 2.32. The van der Waals surface area contributed by atoms with Crippen molar-refractivity contribution in [3.8, 4) is 0 Å². The van der Waals surface area contributed by atoms with Crippen LogP contribution in [0.3, 0.4) is 0 Å². The molecule has 0 saturated heterocycles. The van der Waals surface area contributed by atoms with Crippen molar-refractivity contribution in [3.63, 3.8) is 0 Å². The molecular weight excluding hydrogens is 283 g/mol. The lowest BCUT2D eigenvalue weighted by molar-refractivity contribution is -0.124. The van der Waals surface area contributed by atoms with Crippen LogP contribution in [-0.4, -0.2) is 33.7 Å². The van der Waals surface area contributed by atoms with Gasteiger partial charge in [0, 0.05) is 6.92 Å². The zero-order valence-electron chi connectivity index (χ0n) is 9.41. The highest BCUT2D eigenvalue weighted by atomic mass is 32.1. The van der Waals surface area contributed by atoms with Crippen molar-refractivity contribution < 1.29 is 22.8 Å². The van der Waals surface area contributed by atoms with E-state index in [1.165, 1.54) is 6.92 Å². The van der Waals surface area contributed by atoms with E-state index in [1.54, 1.807) is 0 Å². The number of allylic oxidation sites excluding steroid dienone is 4. The largest absolute Gasteiger partial charge is 0.420 e. The summed E-state index contributed by atoms with van der Waals surface area (Å²) in [5, 5.41) is 0.802. The molecule has 0 saturated carbocycles. The minimum absolute atomic E-state index is 0.0261. The van der Waals surface area contributed by atoms with Crippen LogP contribution in [0.25, 0.3) is 0 Å². The molecule has 1 heterocycles. The van der Waals surface area contributed by atoms with Gasteiger partial charge in [0.2, 0.25) is 16.8 Å². The minimum atomic E-state index is -4.76. The van der Waals surface area contributed by atoms with E-state index in [0.29, 0.717) is 6.08 Å². The number of nitrogens with one attached hydrogen (secondary N) is 1. The molecule has 0 unspecified atom stereocenters. The Morgan fingerprint density at radius 1 is 1.42 bits per heavy atom. The molecule has 0 spiro atoms. The molecule has 2 aliphatic rings. The maximum atomic E-state index is 12.6. The highest BCUT2D eigenvalue weighted by molar-refractivity contribution is 7.80. The molecule has 0 atom stereocenters. The topological polar surface area (TPSA) is 61.8 Å². The second-order valence-electron chi connectivity index (χ2n) is 3.71. The number of alkyl halides is 3. The average molecular weight is 289 g/mol. The van der Waals surface area contributed by atoms with E-state index in [0.717, 1.165) is 11.1 Å². The van der Waals surface area contributed by atoms with E-state index < -0.39 is 29.2 Å². The quantitative estimate of drug-likeness (QED) is 0.578. The Bertz CT molecular complexity index is 589. The van der Waals surface area contributed by atoms with Gasteiger partial charge in [-0.05, 0) is 24.4 Å². The minimum Gasteiger partial charge on any atom is -0.287 e. The van der Waals surface area contributed by atoms with E-state index in [1.807, 2.05) is 0 Å². The van der Waals surface area contributed by atoms with E-state index >= 15 is 0 Å². The van der Waals surface area contributed by atoms with Crippen LogP contribution < -0.4 is 5.43 Å². The van der Waals surface area contributed by atoms with Crippen LogP contribution in [0.5, 0.6) is 0 Å². The maximum Gasteiger partial charge on any atom is 0.420 e. The highest BCUT2D eigenvalue weighted by Gasteiger charge is 2.45. The number of ketones is 1. The summed E-state index contributed by atoms with van der Waals surface area (Å²) in [6, 6.07) is 0. The number of Topliss-reactive ketones (excluding diaryl/α,β-unsaturated/α-hetero) is 1. The Labute approximate surface area is 110 Å². The van der Waals surface area contributed by atoms with Crippen LogP contribution in [0.15, 0.2) is 28.4 Å². The molecule has 1 aliphatic carbocycles. The number of hydrogen-bond donors (Lipinski definition) is 1. The molecule has 2 rings (SSSR count). The van der Waals surface area contributed by atoms with Crippen molar-refractivity contribution in [3.05, 3.63) is 23.4 Å². The molecule has 1 aliphatic heterocycles. The molecule has 5 nitrogen and oxygen atoms in total. The van der Waals surface area contributed by atoms with Crippen LogP contribution >= 0.6 is 12.2 Å². The van der Waals surface area contributed by atoms with Crippen molar-refractivity contribution in [1.82, 2.24) is 10.4 Å². The second-order valence-corrected chi connectivity index (χ2v) is 4.07. The van der Waals surface area contributed by atoms with E-state index in [-0.39, 0.29) is 10.8 Å². The fraction of sp³-hybridized carbons (Fsp3) is 0.200. The number of amides is 1. The third-order valence-corrected chi connectivity index (χ3v) is 2.60. The van der Waals surface area contributed by atoms with Crippen LogP contribution in [0.4, 0.5) is 13.2 Å². The van der Waals surface area contributed by atoms with E-state index in [2.05, 4.69) is 10.4 Å². The number of thiocarbonyl (C=S) groups is 1. The first-order valence-electron chi connectivity index (χ1n) is 4.96. The van der Waals surface area contributed by atoms with Crippen molar-refractivity contribution in [2.24, 2.45) is 4.99 Å². The Morgan fingerprint density at radius 3 is 2.58 bits per heavy atom. The summed E-state index contributed by atoms with van der Waals surface area (Å²) < 4.78 is 37.7. The van der Waals surface area contributed by atoms with E-state index in [4.69, 9.17) is 12.2 Å². The van der Waals surface area contributed by atoms with Crippen LogP contribution in [0.2, 0.25) is 0 Å². The van der Waals surface area contributed by atoms with Crippen LogP contribution in [0.1, 0.15) is 6.92 Å². The number of carbonyl (C=O) groups is 2. The van der Waals surface area contributed by atoms with Gasteiger partial charge in [-0.1, -0.05) is 0 Å². The van der Waals surface area contributed by atoms with Gasteiger partial charge >= 0.3 is 6.18 Å². The molecule has 0 radical (unpaired) electrons. The molecule has 100 valence electrons. The summed E-state index contributed by atoms with van der Waals surface area (Å²) in [5.41, 5.74) is 0.559. The number of aliphatic imine (C=N–C) groups is 1. The number of nitrogens with zero attached hydrogens (tertiary/aromatic N) is 2. The van der Waals surface area contributed by atoms with Gasteiger partial charge in [0.05, 0.1) is 5.70 Å². The lowest BCUT2D eigenvalue weighted by atomic mass is 9.99. The van der Waals surface area contributed by atoms with Crippen LogP contribution in [0, 0.1) is 0 Å². The van der Waals surface area contributed by atoms with Crippen LogP contribution in [-0.2, 0) is 9.59 Å². The lowest BCUT2D eigenvalue weighted by Crippen LogP contribution is -2.42. The van der Waals surface area contributed by atoms with Gasteiger partial charge in [-0.3, -0.25) is 15.0 Å². The molecule has 0 aromatic rings. The zero-order valence-corrected chi connectivity index (χ0v) is 10.2. The molecule has 19 heavy (non-hydrogen) atoms. The maximum absolute atomic E-state index is 12.6. The first kappa shape index (κ1) is 13.4. The third kappa shape index (κ3) is 2.28. The Balaban J connectivity index is 2.43. The smallest absolute Gasteiger partial charge is 0.287 e. The molecule has 0 bridgehead atoms. The van der Waals surface area contributed by atoms with E-state index in [9.17, 15) is 22.8 Å². The molecule has 0 aromatic carbocycles. The number of halogens is 3. The summed E-state index contributed by atoms with van der Waals surface area (Å²) in [7, 11) is 0. The van der Waals surface area contributed by atoms with Gasteiger partial charge in [-0.25, -0.2) is 10.0 Å². The zero-order chi connectivity index (χ0) is 14.4. The number of rotatable bonds is 1. The van der Waals surface area contributed by atoms with Gasteiger partial charge < -0.3 is 0 Å².